The van der Waals surface area contributed by atoms with Crippen LogP contribution in [-0.2, 0) is 16.0 Å². The largest absolute Gasteiger partial charge is 0.481 e. The zero-order valence-electron chi connectivity index (χ0n) is 11.8. The quantitative estimate of drug-likeness (QED) is 0.884. The molecule has 4 heteroatoms. The van der Waals surface area contributed by atoms with Gasteiger partial charge in [-0.05, 0) is 35.2 Å². The summed E-state index contributed by atoms with van der Waals surface area (Å²) in [5.74, 6) is -0.890. The van der Waals surface area contributed by atoms with E-state index in [1.54, 1.807) is 0 Å². The highest BCUT2D eigenvalue weighted by molar-refractivity contribution is 5.89. The van der Waals surface area contributed by atoms with Gasteiger partial charge in [-0.2, -0.15) is 0 Å². The van der Waals surface area contributed by atoms with Crippen molar-refractivity contribution in [3.05, 3.63) is 54.1 Å². The number of carboxylic acids is 1. The Hall–Kier alpha value is -2.62. The Morgan fingerprint density at radius 2 is 1.76 bits per heavy atom. The fourth-order valence-electron chi connectivity index (χ4n) is 2.11. The van der Waals surface area contributed by atoms with E-state index in [1.807, 2.05) is 48.5 Å². The lowest BCUT2D eigenvalue weighted by Gasteiger charge is -2.07. The molecule has 4 nitrogen and oxygen atoms in total. The molecule has 0 aliphatic rings. The molecule has 21 heavy (non-hydrogen) atoms. The smallest absolute Gasteiger partial charge is 0.303 e. The highest BCUT2D eigenvalue weighted by Gasteiger charge is 2.03. The van der Waals surface area contributed by atoms with E-state index in [2.05, 4.69) is 5.32 Å². The molecule has 0 heterocycles. The van der Waals surface area contributed by atoms with Crippen molar-refractivity contribution in [1.82, 2.24) is 0 Å². The number of carbonyl (C=O) groups excluding carboxylic acids is 1. The Morgan fingerprint density at radius 1 is 1.05 bits per heavy atom. The third kappa shape index (κ3) is 4.45. The predicted octanol–water partition coefficient (Wildman–Crippen LogP) is 3.33. The average molecular weight is 283 g/mol. The molecule has 2 N–H and O–H groups in total. The fourth-order valence-corrected chi connectivity index (χ4v) is 2.11. The molecule has 0 fully saturated rings. The van der Waals surface area contributed by atoms with E-state index in [0.29, 0.717) is 6.42 Å². The zero-order chi connectivity index (χ0) is 15.2. The molecule has 2 aromatic carbocycles. The number of rotatable bonds is 5. The second-order valence-electron chi connectivity index (χ2n) is 4.85. The van der Waals surface area contributed by atoms with Crippen LogP contribution in [0.5, 0.6) is 0 Å². The minimum Gasteiger partial charge on any atom is -0.481 e. The Bertz CT molecular complexity index is 647. The van der Waals surface area contributed by atoms with Gasteiger partial charge < -0.3 is 10.4 Å². The van der Waals surface area contributed by atoms with Gasteiger partial charge in [-0.15, -0.1) is 0 Å². The highest BCUT2D eigenvalue weighted by atomic mass is 16.4. The van der Waals surface area contributed by atoms with E-state index >= 15 is 0 Å². The van der Waals surface area contributed by atoms with Crippen LogP contribution in [0, 0.1) is 0 Å². The maximum absolute atomic E-state index is 11.0. The lowest BCUT2D eigenvalue weighted by atomic mass is 10.0. The van der Waals surface area contributed by atoms with Gasteiger partial charge in [-0.3, -0.25) is 9.59 Å². The molecule has 0 aromatic heterocycles. The van der Waals surface area contributed by atoms with Crippen LogP contribution in [0.2, 0.25) is 0 Å². The van der Waals surface area contributed by atoms with Gasteiger partial charge in [-0.1, -0.05) is 36.4 Å². The van der Waals surface area contributed by atoms with Crippen LogP contribution in [0.25, 0.3) is 11.1 Å². The summed E-state index contributed by atoms with van der Waals surface area (Å²) >= 11 is 0. The summed E-state index contributed by atoms with van der Waals surface area (Å²) in [5, 5.41) is 11.5. The van der Waals surface area contributed by atoms with Gasteiger partial charge >= 0.3 is 5.97 Å². The van der Waals surface area contributed by atoms with Crippen molar-refractivity contribution < 1.29 is 14.7 Å². The Kier molecular flexibility index (Phi) is 4.72. The van der Waals surface area contributed by atoms with Crippen LogP contribution in [0.15, 0.2) is 48.5 Å². The third-order valence-corrected chi connectivity index (χ3v) is 3.09. The van der Waals surface area contributed by atoms with Crippen molar-refractivity contribution in [3.8, 4) is 11.1 Å². The molecule has 2 aromatic rings. The van der Waals surface area contributed by atoms with Crippen LogP contribution in [0.1, 0.15) is 18.9 Å². The first-order valence-corrected chi connectivity index (χ1v) is 6.73. The second kappa shape index (κ2) is 6.70. The second-order valence-corrected chi connectivity index (χ2v) is 4.85. The van der Waals surface area contributed by atoms with Gasteiger partial charge in [0.05, 0.1) is 0 Å². The normalized spacial score (nSPS) is 10.1. The van der Waals surface area contributed by atoms with Crippen molar-refractivity contribution >= 4 is 17.6 Å². The number of aryl methyl sites for hydroxylation is 1. The van der Waals surface area contributed by atoms with Crippen LogP contribution < -0.4 is 5.32 Å². The van der Waals surface area contributed by atoms with Crippen LogP contribution in [0.4, 0.5) is 5.69 Å². The number of aliphatic carboxylic acids is 1. The molecule has 0 aliphatic heterocycles. The summed E-state index contributed by atoms with van der Waals surface area (Å²) in [4.78, 5) is 21.6. The molecule has 0 saturated carbocycles. The van der Waals surface area contributed by atoms with Crippen molar-refractivity contribution in [1.29, 1.82) is 0 Å². The van der Waals surface area contributed by atoms with Crippen LogP contribution >= 0.6 is 0 Å². The van der Waals surface area contributed by atoms with E-state index in [-0.39, 0.29) is 12.3 Å². The molecule has 2 rings (SSSR count). The number of amides is 1. The molecule has 0 saturated heterocycles. The molecular weight excluding hydrogens is 266 g/mol. The van der Waals surface area contributed by atoms with Crippen molar-refractivity contribution in [2.75, 3.05) is 5.32 Å². The van der Waals surface area contributed by atoms with Crippen LogP contribution in [0.3, 0.4) is 0 Å². The molecule has 108 valence electrons. The van der Waals surface area contributed by atoms with Crippen molar-refractivity contribution in [2.24, 2.45) is 0 Å². The number of nitrogens with one attached hydrogen (secondary N) is 1. The third-order valence-electron chi connectivity index (χ3n) is 3.09. The average Bonchev–Trinajstić information content (AvgIpc) is 2.45. The van der Waals surface area contributed by atoms with E-state index in [0.717, 1.165) is 22.4 Å². The number of carboxylic acid groups (broad SMARTS) is 1. The molecule has 0 radical (unpaired) electrons. The summed E-state index contributed by atoms with van der Waals surface area (Å²) in [7, 11) is 0. The van der Waals surface area contributed by atoms with Crippen molar-refractivity contribution in [3.63, 3.8) is 0 Å². The zero-order valence-corrected chi connectivity index (χ0v) is 11.8. The van der Waals surface area contributed by atoms with E-state index in [1.165, 1.54) is 6.92 Å². The fraction of sp³-hybridized carbons (Fsp3) is 0.176. The maximum Gasteiger partial charge on any atom is 0.303 e. The predicted molar refractivity (Wildman–Crippen MR) is 82.1 cm³/mol. The molecule has 0 atom stereocenters. The Balaban J connectivity index is 2.15. The minimum absolute atomic E-state index is 0.0987. The molecule has 0 unspecified atom stereocenters. The van der Waals surface area contributed by atoms with Gasteiger partial charge in [0.25, 0.3) is 0 Å². The summed E-state index contributed by atoms with van der Waals surface area (Å²) in [6, 6.07) is 15.4. The first-order valence-electron chi connectivity index (χ1n) is 6.73. The van der Waals surface area contributed by atoms with E-state index < -0.39 is 5.97 Å². The lowest BCUT2D eigenvalue weighted by molar-refractivity contribution is -0.137. The molecular formula is C17H17NO3. The summed E-state index contributed by atoms with van der Waals surface area (Å²) < 4.78 is 0. The topological polar surface area (TPSA) is 66.4 Å². The SMILES string of the molecule is CC(=O)Nc1ccc(-c2cccc(CCC(=O)O)c2)cc1. The first-order chi connectivity index (χ1) is 10.0. The Labute approximate surface area is 123 Å². The number of anilines is 1. The molecule has 0 bridgehead atoms. The van der Waals surface area contributed by atoms with Crippen LogP contribution in [-0.4, -0.2) is 17.0 Å². The highest BCUT2D eigenvalue weighted by Crippen LogP contribution is 2.23. The molecule has 0 spiro atoms. The van der Waals surface area contributed by atoms with E-state index in [9.17, 15) is 9.59 Å². The standard InChI is InChI=1S/C17H17NO3/c1-12(19)18-16-8-6-14(7-9-16)15-4-2-3-13(11-15)5-10-17(20)21/h2-4,6-9,11H,5,10H2,1H3,(H,18,19)(H,20,21). The minimum atomic E-state index is -0.792. The number of hydrogen-bond acceptors (Lipinski definition) is 2. The van der Waals surface area contributed by atoms with E-state index in [4.69, 9.17) is 5.11 Å². The van der Waals surface area contributed by atoms with Gasteiger partial charge in [0, 0.05) is 19.0 Å². The molecule has 0 aliphatic carbocycles. The van der Waals surface area contributed by atoms with Crippen molar-refractivity contribution in [2.45, 2.75) is 19.8 Å². The van der Waals surface area contributed by atoms with Gasteiger partial charge in [0.1, 0.15) is 0 Å². The summed E-state index contributed by atoms with van der Waals surface area (Å²) in [5.41, 5.74) is 3.82. The van der Waals surface area contributed by atoms with Gasteiger partial charge in [0.2, 0.25) is 5.91 Å². The number of carbonyl (C=O) groups is 2. The van der Waals surface area contributed by atoms with Gasteiger partial charge in [0.15, 0.2) is 0 Å². The lowest BCUT2D eigenvalue weighted by Crippen LogP contribution is -2.05. The summed E-state index contributed by atoms with van der Waals surface area (Å²) in [6.07, 6.45) is 0.651. The maximum atomic E-state index is 11.0. The first kappa shape index (κ1) is 14.8. The van der Waals surface area contributed by atoms with Gasteiger partial charge in [-0.25, -0.2) is 0 Å². The monoisotopic (exact) mass is 283 g/mol. The summed E-state index contributed by atoms with van der Waals surface area (Å²) in [6.45, 7) is 1.47. The molecule has 1 amide bonds. The number of benzene rings is 2. The number of hydrogen-bond donors (Lipinski definition) is 2. The Morgan fingerprint density at radius 3 is 2.38 bits per heavy atom.